The van der Waals surface area contributed by atoms with Crippen molar-refractivity contribution in [2.75, 3.05) is 11.9 Å². The van der Waals surface area contributed by atoms with Gasteiger partial charge in [0.15, 0.2) is 0 Å². The zero-order chi connectivity index (χ0) is 27.2. The molecule has 0 aromatic heterocycles. The van der Waals surface area contributed by atoms with Crippen molar-refractivity contribution in [3.8, 4) is 5.75 Å². The number of nitrogens with one attached hydrogen (secondary N) is 1. The molecule has 1 N–H and O–H groups in total. The molecule has 0 amide bonds. The molecule has 2 unspecified atom stereocenters. The van der Waals surface area contributed by atoms with Crippen molar-refractivity contribution in [1.29, 1.82) is 0 Å². The van der Waals surface area contributed by atoms with E-state index in [0.29, 0.717) is 13.2 Å². The number of benzene rings is 4. The second kappa shape index (κ2) is 12.0. The molecule has 1 aliphatic heterocycles. The van der Waals surface area contributed by atoms with Crippen molar-refractivity contribution >= 4 is 5.69 Å². The third-order valence-corrected chi connectivity index (χ3v) is 7.27. The van der Waals surface area contributed by atoms with E-state index in [0.717, 1.165) is 35.5 Å². The van der Waals surface area contributed by atoms with Crippen LogP contribution in [0.2, 0.25) is 0 Å². The van der Waals surface area contributed by atoms with E-state index in [2.05, 4.69) is 54.7 Å². The normalized spacial score (nSPS) is 17.7. The van der Waals surface area contributed by atoms with Crippen LogP contribution in [0.5, 0.6) is 5.75 Å². The summed E-state index contributed by atoms with van der Waals surface area (Å²) in [7, 11) is 0. The highest BCUT2D eigenvalue weighted by atomic mass is 19.1. The molecule has 1 heterocycles. The molecule has 4 aromatic carbocycles. The summed E-state index contributed by atoms with van der Waals surface area (Å²) in [4.78, 5) is 0. The molecule has 0 fully saturated rings. The van der Waals surface area contributed by atoms with E-state index >= 15 is 0 Å². The monoisotopic (exact) mass is 525 g/mol. The molecule has 0 aliphatic carbocycles. The van der Waals surface area contributed by atoms with Crippen molar-refractivity contribution in [3.63, 3.8) is 0 Å². The van der Waals surface area contributed by atoms with Gasteiger partial charge in [0.2, 0.25) is 0 Å². The van der Waals surface area contributed by atoms with Crippen molar-refractivity contribution < 1.29 is 18.6 Å². The Morgan fingerprint density at radius 2 is 1.59 bits per heavy atom. The van der Waals surface area contributed by atoms with Gasteiger partial charge in [-0.25, -0.2) is 4.39 Å². The van der Waals surface area contributed by atoms with Crippen molar-refractivity contribution in [1.82, 2.24) is 0 Å². The second-order valence-electron chi connectivity index (χ2n) is 10.6. The zero-order valence-corrected chi connectivity index (χ0v) is 22.8. The fraction of sp³-hybridized carbons (Fsp3) is 0.294. The van der Waals surface area contributed by atoms with Crippen LogP contribution in [-0.2, 0) is 29.0 Å². The molecule has 1 aliphatic rings. The Hall–Kier alpha value is -3.67. The Bertz CT molecular complexity index is 1370. The molecule has 0 saturated carbocycles. The summed E-state index contributed by atoms with van der Waals surface area (Å²) in [5.74, 6) is 0.537. The molecule has 4 nitrogen and oxygen atoms in total. The summed E-state index contributed by atoms with van der Waals surface area (Å²) in [6.45, 7) is 7.78. The molecule has 4 aromatic rings. The van der Waals surface area contributed by atoms with E-state index in [1.54, 1.807) is 12.1 Å². The Morgan fingerprint density at radius 3 is 2.36 bits per heavy atom. The molecule has 5 rings (SSSR count). The average Bonchev–Trinajstić information content (AvgIpc) is 2.93. The Labute approximate surface area is 230 Å². The summed E-state index contributed by atoms with van der Waals surface area (Å²) >= 11 is 0. The Kier molecular flexibility index (Phi) is 8.30. The minimum absolute atomic E-state index is 0.262. The number of anilines is 1. The number of ether oxygens (including phenoxy) is 3. The van der Waals surface area contributed by atoms with Gasteiger partial charge in [-0.05, 0) is 79.8 Å². The maximum atomic E-state index is 13.5. The Balaban J connectivity index is 1.39. The molecule has 0 saturated heterocycles. The van der Waals surface area contributed by atoms with Crippen LogP contribution < -0.4 is 10.1 Å². The van der Waals surface area contributed by atoms with Gasteiger partial charge in [0, 0.05) is 17.8 Å². The van der Waals surface area contributed by atoms with Crippen molar-refractivity contribution in [3.05, 3.63) is 131 Å². The first kappa shape index (κ1) is 26.9. The van der Waals surface area contributed by atoms with Crippen LogP contribution in [-0.4, -0.2) is 18.3 Å². The highest BCUT2D eigenvalue weighted by Gasteiger charge is 2.45. The van der Waals surface area contributed by atoms with Gasteiger partial charge < -0.3 is 19.5 Å². The lowest BCUT2D eigenvalue weighted by Crippen LogP contribution is -2.51. The molecule has 202 valence electrons. The van der Waals surface area contributed by atoms with Gasteiger partial charge >= 0.3 is 0 Å². The highest BCUT2D eigenvalue weighted by molar-refractivity contribution is 5.54. The molecule has 0 radical (unpaired) electrons. The Morgan fingerprint density at radius 1 is 0.846 bits per heavy atom. The van der Waals surface area contributed by atoms with Crippen LogP contribution in [0.1, 0.15) is 47.8 Å². The molecule has 39 heavy (non-hydrogen) atoms. The van der Waals surface area contributed by atoms with Crippen LogP contribution in [0.15, 0.2) is 97.1 Å². The summed E-state index contributed by atoms with van der Waals surface area (Å²) in [6, 6.07) is 31.3. The van der Waals surface area contributed by atoms with E-state index in [1.807, 2.05) is 44.2 Å². The molecule has 0 spiro atoms. The summed E-state index contributed by atoms with van der Waals surface area (Å²) < 4.78 is 33.0. The van der Waals surface area contributed by atoms with Gasteiger partial charge in [0.1, 0.15) is 29.4 Å². The minimum atomic E-state index is -0.638. The maximum absolute atomic E-state index is 13.5. The van der Waals surface area contributed by atoms with Crippen LogP contribution in [0.4, 0.5) is 10.1 Å². The van der Waals surface area contributed by atoms with Crippen LogP contribution >= 0.6 is 0 Å². The molecule has 2 atom stereocenters. The van der Waals surface area contributed by atoms with E-state index < -0.39 is 5.60 Å². The maximum Gasteiger partial charge on any atom is 0.132 e. The summed E-state index contributed by atoms with van der Waals surface area (Å²) in [5.41, 5.74) is 5.94. The number of halogens is 1. The number of fused-ring (bicyclic) bond motifs is 1. The quantitative estimate of drug-likeness (QED) is 0.229. The average molecular weight is 526 g/mol. The van der Waals surface area contributed by atoms with Crippen LogP contribution in [0, 0.1) is 12.7 Å². The first-order valence-corrected chi connectivity index (χ1v) is 13.5. The lowest BCUT2D eigenvalue weighted by atomic mass is 9.87. The minimum Gasteiger partial charge on any atom is -0.485 e. The lowest BCUT2D eigenvalue weighted by molar-refractivity contribution is -0.167. The topological polar surface area (TPSA) is 39.7 Å². The number of hydrogen-bond acceptors (Lipinski definition) is 4. The zero-order valence-electron chi connectivity index (χ0n) is 22.8. The fourth-order valence-corrected chi connectivity index (χ4v) is 5.03. The number of aryl methyl sites for hydroxylation is 1. The van der Waals surface area contributed by atoms with Gasteiger partial charge in [-0.3, -0.25) is 0 Å². The summed E-state index contributed by atoms with van der Waals surface area (Å²) in [6.07, 6.45) is 0.0784. The fourth-order valence-electron chi connectivity index (χ4n) is 5.03. The van der Waals surface area contributed by atoms with Gasteiger partial charge in [-0.1, -0.05) is 66.7 Å². The van der Waals surface area contributed by atoms with E-state index in [4.69, 9.17) is 14.2 Å². The largest absolute Gasteiger partial charge is 0.485 e. The third kappa shape index (κ3) is 6.67. The first-order valence-electron chi connectivity index (χ1n) is 13.5. The highest BCUT2D eigenvalue weighted by Crippen LogP contribution is 2.44. The molecular formula is C34H36FNO3. The third-order valence-electron chi connectivity index (χ3n) is 7.27. The SMILES string of the molecule is Cc1ccccc1CNc1ccc2c(c1)C(OCCc1ccccc1)C(OCc1ccc(F)cc1)C(C)(C)O2. The van der Waals surface area contributed by atoms with Crippen molar-refractivity contribution in [2.24, 2.45) is 0 Å². The lowest BCUT2D eigenvalue weighted by Gasteiger charge is -2.44. The van der Waals surface area contributed by atoms with Gasteiger partial charge in [0.25, 0.3) is 0 Å². The van der Waals surface area contributed by atoms with Gasteiger partial charge in [-0.2, -0.15) is 0 Å². The number of rotatable bonds is 10. The standard InChI is InChI=1S/C34H36FNO3/c1-24-9-7-8-12-27(24)22-36-29-17-18-31-30(21-29)32(37-20-19-25-10-5-4-6-11-25)33(34(2,3)39-31)38-23-26-13-15-28(35)16-14-26/h4-18,21,32-33,36H,19-20,22-23H2,1-3H3. The summed E-state index contributed by atoms with van der Waals surface area (Å²) in [5, 5.41) is 3.57. The van der Waals surface area contributed by atoms with Crippen molar-refractivity contribution in [2.45, 2.75) is 58.2 Å². The van der Waals surface area contributed by atoms with Crippen LogP contribution in [0.25, 0.3) is 0 Å². The van der Waals surface area contributed by atoms with E-state index in [1.165, 1.54) is 28.8 Å². The van der Waals surface area contributed by atoms with Gasteiger partial charge in [0.05, 0.1) is 13.2 Å². The molecule has 5 heteroatoms. The van der Waals surface area contributed by atoms with E-state index in [9.17, 15) is 4.39 Å². The van der Waals surface area contributed by atoms with Gasteiger partial charge in [-0.15, -0.1) is 0 Å². The molecule has 0 bridgehead atoms. The predicted octanol–water partition coefficient (Wildman–Crippen LogP) is 7.80. The predicted molar refractivity (Wildman–Crippen MR) is 153 cm³/mol. The van der Waals surface area contributed by atoms with E-state index in [-0.39, 0.29) is 18.0 Å². The second-order valence-corrected chi connectivity index (χ2v) is 10.6. The smallest absolute Gasteiger partial charge is 0.132 e. The first-order chi connectivity index (χ1) is 18.9. The number of hydrogen-bond donors (Lipinski definition) is 1. The van der Waals surface area contributed by atoms with Crippen LogP contribution in [0.3, 0.4) is 0 Å². The molecular weight excluding hydrogens is 489 g/mol.